The predicted octanol–water partition coefficient (Wildman–Crippen LogP) is 2.18. The van der Waals surface area contributed by atoms with E-state index in [2.05, 4.69) is 4.72 Å². The van der Waals surface area contributed by atoms with Crippen LogP contribution >= 0.6 is 0 Å². The third-order valence-electron chi connectivity index (χ3n) is 3.75. The van der Waals surface area contributed by atoms with E-state index in [0.717, 1.165) is 25.3 Å². The Hall–Kier alpha value is -1.14. The zero-order valence-electron chi connectivity index (χ0n) is 11.1. The van der Waals surface area contributed by atoms with Crippen molar-refractivity contribution in [1.29, 1.82) is 0 Å². The molecule has 0 bridgehead atoms. The van der Waals surface area contributed by atoms with Crippen molar-refractivity contribution in [3.8, 4) is 0 Å². The van der Waals surface area contributed by atoms with Crippen molar-refractivity contribution in [2.24, 2.45) is 5.92 Å². The maximum absolute atomic E-state index is 13.3. The van der Waals surface area contributed by atoms with Crippen LogP contribution in [0.15, 0.2) is 17.0 Å². The zero-order valence-corrected chi connectivity index (χ0v) is 11.9. The molecule has 106 valence electrons. The number of nitrogen functional groups attached to an aromatic ring is 1. The highest BCUT2D eigenvalue weighted by molar-refractivity contribution is 7.89. The summed E-state index contributed by atoms with van der Waals surface area (Å²) < 4.78 is 40.6. The first-order valence-electron chi connectivity index (χ1n) is 6.39. The minimum Gasteiger partial charge on any atom is -0.396 e. The van der Waals surface area contributed by atoms with Crippen molar-refractivity contribution in [3.63, 3.8) is 0 Å². The van der Waals surface area contributed by atoms with Crippen molar-refractivity contribution in [2.45, 2.75) is 44.0 Å². The van der Waals surface area contributed by atoms with Gasteiger partial charge in [0.1, 0.15) is 5.82 Å². The van der Waals surface area contributed by atoms with E-state index in [9.17, 15) is 12.8 Å². The summed E-state index contributed by atoms with van der Waals surface area (Å²) in [4.78, 5) is 0.0606. The smallest absolute Gasteiger partial charge is 0.241 e. The fourth-order valence-corrected chi connectivity index (χ4v) is 4.18. The van der Waals surface area contributed by atoms with Crippen LogP contribution in [0, 0.1) is 18.7 Å². The third kappa shape index (κ3) is 2.90. The molecular formula is C13H19FN2O2S. The van der Waals surface area contributed by atoms with E-state index in [-0.39, 0.29) is 16.6 Å². The van der Waals surface area contributed by atoms with Crippen LogP contribution in [0.3, 0.4) is 0 Å². The first kappa shape index (κ1) is 14.3. The third-order valence-corrected chi connectivity index (χ3v) is 5.38. The van der Waals surface area contributed by atoms with E-state index in [1.807, 2.05) is 6.92 Å². The van der Waals surface area contributed by atoms with Gasteiger partial charge in [0, 0.05) is 6.04 Å². The van der Waals surface area contributed by atoms with Crippen LogP contribution in [0.5, 0.6) is 0 Å². The number of rotatable bonds is 3. The van der Waals surface area contributed by atoms with Crippen LogP contribution in [-0.4, -0.2) is 14.5 Å². The van der Waals surface area contributed by atoms with Crippen molar-refractivity contribution >= 4 is 15.7 Å². The number of nitrogens with two attached hydrogens (primary N) is 1. The molecule has 0 aromatic heterocycles. The van der Waals surface area contributed by atoms with Gasteiger partial charge in [-0.15, -0.1) is 0 Å². The van der Waals surface area contributed by atoms with Crippen molar-refractivity contribution in [3.05, 3.63) is 23.5 Å². The Morgan fingerprint density at radius 3 is 2.63 bits per heavy atom. The van der Waals surface area contributed by atoms with E-state index >= 15 is 0 Å². The van der Waals surface area contributed by atoms with Gasteiger partial charge in [0.25, 0.3) is 0 Å². The Kier molecular flexibility index (Phi) is 3.82. The molecular weight excluding hydrogens is 267 g/mol. The lowest BCUT2D eigenvalue weighted by molar-refractivity contribution is 0.476. The summed E-state index contributed by atoms with van der Waals surface area (Å²) in [7, 11) is -3.64. The first-order chi connectivity index (χ1) is 8.81. The average molecular weight is 286 g/mol. The monoisotopic (exact) mass is 286 g/mol. The zero-order chi connectivity index (χ0) is 14.2. The van der Waals surface area contributed by atoms with Crippen LogP contribution in [0.4, 0.5) is 10.1 Å². The summed E-state index contributed by atoms with van der Waals surface area (Å²) in [6, 6.07) is 2.30. The largest absolute Gasteiger partial charge is 0.396 e. The molecule has 0 heterocycles. The lowest BCUT2D eigenvalue weighted by Crippen LogP contribution is -2.36. The number of halogens is 1. The molecule has 6 heteroatoms. The summed E-state index contributed by atoms with van der Waals surface area (Å²) >= 11 is 0. The predicted molar refractivity (Wildman–Crippen MR) is 72.7 cm³/mol. The highest BCUT2D eigenvalue weighted by atomic mass is 32.2. The highest BCUT2D eigenvalue weighted by Gasteiger charge is 2.29. The Morgan fingerprint density at radius 2 is 2.05 bits per heavy atom. The highest BCUT2D eigenvalue weighted by Crippen LogP contribution is 2.28. The maximum atomic E-state index is 13.3. The number of hydrogen-bond donors (Lipinski definition) is 2. The van der Waals surface area contributed by atoms with Gasteiger partial charge in [0.2, 0.25) is 10.0 Å². The van der Waals surface area contributed by atoms with Gasteiger partial charge in [-0.1, -0.05) is 13.3 Å². The van der Waals surface area contributed by atoms with Gasteiger partial charge in [-0.2, -0.15) is 0 Å². The summed E-state index contributed by atoms with van der Waals surface area (Å²) in [5.41, 5.74) is 5.67. The van der Waals surface area contributed by atoms with Gasteiger partial charge < -0.3 is 5.73 Å². The Bertz CT molecular complexity index is 587. The summed E-state index contributed by atoms with van der Waals surface area (Å²) in [5.74, 6) is -0.265. The quantitative estimate of drug-likeness (QED) is 0.837. The number of hydrogen-bond acceptors (Lipinski definition) is 3. The average Bonchev–Trinajstić information content (AvgIpc) is 2.69. The Balaban J connectivity index is 2.32. The van der Waals surface area contributed by atoms with Crippen molar-refractivity contribution < 1.29 is 12.8 Å². The number of anilines is 1. The topological polar surface area (TPSA) is 72.2 Å². The summed E-state index contributed by atoms with van der Waals surface area (Å²) in [6.45, 7) is 3.60. The van der Waals surface area contributed by atoms with E-state index in [1.54, 1.807) is 6.92 Å². The lowest BCUT2D eigenvalue weighted by Gasteiger charge is -2.18. The second-order valence-corrected chi connectivity index (χ2v) is 6.96. The molecule has 1 aromatic rings. The first-order valence-corrected chi connectivity index (χ1v) is 7.87. The SMILES string of the molecule is Cc1cc(F)c(N)cc1S(=O)(=O)NC1CCCC1C. The summed E-state index contributed by atoms with van der Waals surface area (Å²) in [5, 5.41) is 0. The molecule has 19 heavy (non-hydrogen) atoms. The van der Waals surface area contributed by atoms with Gasteiger partial charge in [-0.3, -0.25) is 0 Å². The molecule has 4 nitrogen and oxygen atoms in total. The molecule has 1 saturated carbocycles. The van der Waals surface area contributed by atoms with Crippen molar-refractivity contribution in [2.75, 3.05) is 5.73 Å². The molecule has 0 amide bonds. The van der Waals surface area contributed by atoms with E-state index < -0.39 is 15.8 Å². The van der Waals surface area contributed by atoms with Crippen molar-refractivity contribution in [1.82, 2.24) is 4.72 Å². The fraction of sp³-hybridized carbons (Fsp3) is 0.538. The Labute approximate surface area is 113 Å². The normalized spacial score (nSPS) is 23.7. The lowest BCUT2D eigenvalue weighted by atomic mass is 10.1. The minimum absolute atomic E-state index is 0.0457. The molecule has 1 aliphatic rings. The molecule has 3 N–H and O–H groups in total. The van der Waals surface area contributed by atoms with E-state index in [0.29, 0.717) is 11.5 Å². The van der Waals surface area contributed by atoms with E-state index in [1.165, 1.54) is 6.07 Å². The molecule has 2 atom stereocenters. The van der Waals surface area contributed by atoms with Crippen LogP contribution in [-0.2, 0) is 10.0 Å². The molecule has 0 spiro atoms. The molecule has 0 aliphatic heterocycles. The minimum atomic E-state index is -3.64. The summed E-state index contributed by atoms with van der Waals surface area (Å²) in [6.07, 6.45) is 2.90. The van der Waals surface area contributed by atoms with Crippen LogP contribution in [0.2, 0.25) is 0 Å². The van der Waals surface area contributed by atoms with E-state index in [4.69, 9.17) is 5.73 Å². The molecule has 1 aliphatic carbocycles. The number of aryl methyl sites for hydroxylation is 1. The maximum Gasteiger partial charge on any atom is 0.241 e. The molecule has 2 rings (SSSR count). The molecule has 2 unspecified atom stereocenters. The van der Waals surface area contributed by atoms with Gasteiger partial charge in [-0.05, 0) is 43.4 Å². The van der Waals surface area contributed by atoms with Gasteiger partial charge in [0.15, 0.2) is 0 Å². The number of sulfonamides is 1. The fourth-order valence-electron chi connectivity index (χ4n) is 2.54. The second kappa shape index (κ2) is 5.09. The van der Waals surface area contributed by atoms with Crippen LogP contribution in [0.25, 0.3) is 0 Å². The number of nitrogens with one attached hydrogen (secondary N) is 1. The van der Waals surface area contributed by atoms with Crippen LogP contribution in [0.1, 0.15) is 31.7 Å². The van der Waals surface area contributed by atoms with Gasteiger partial charge in [0.05, 0.1) is 10.6 Å². The molecule has 1 aromatic carbocycles. The molecule has 0 radical (unpaired) electrons. The van der Waals surface area contributed by atoms with Gasteiger partial charge in [-0.25, -0.2) is 17.5 Å². The molecule has 1 fully saturated rings. The standard InChI is InChI=1S/C13H19FN2O2S/c1-8-4-3-5-12(8)16-19(17,18)13-7-11(15)10(14)6-9(13)2/h6-8,12,16H,3-5,15H2,1-2H3. The number of benzene rings is 1. The second-order valence-electron chi connectivity index (χ2n) is 5.28. The van der Waals surface area contributed by atoms with Gasteiger partial charge >= 0.3 is 0 Å². The van der Waals surface area contributed by atoms with Crippen LogP contribution < -0.4 is 10.5 Å². The Morgan fingerprint density at radius 1 is 1.37 bits per heavy atom. The molecule has 0 saturated heterocycles.